The summed E-state index contributed by atoms with van der Waals surface area (Å²) in [6.07, 6.45) is 0. The summed E-state index contributed by atoms with van der Waals surface area (Å²) in [5, 5.41) is 11.6. The molecule has 0 bridgehead atoms. The van der Waals surface area contributed by atoms with Gasteiger partial charge < -0.3 is 9.73 Å². The van der Waals surface area contributed by atoms with Crippen molar-refractivity contribution in [3.05, 3.63) is 81.8 Å². The first kappa shape index (κ1) is 20.2. The maximum absolute atomic E-state index is 12.6. The maximum atomic E-state index is 12.6. The van der Waals surface area contributed by atoms with Crippen LogP contribution in [0.15, 0.2) is 69.2 Å². The predicted octanol–water partition coefficient (Wildman–Crippen LogP) is 2.84. The number of thiazole rings is 1. The second-order valence-corrected chi connectivity index (χ2v) is 7.33. The van der Waals surface area contributed by atoms with E-state index in [1.807, 2.05) is 6.07 Å². The molecular weight excluding hydrogens is 418 g/mol. The minimum absolute atomic E-state index is 0.0794. The van der Waals surface area contributed by atoms with Crippen molar-refractivity contribution in [2.45, 2.75) is 13.5 Å². The van der Waals surface area contributed by atoms with Crippen molar-refractivity contribution >= 4 is 28.3 Å². The molecule has 4 aromatic rings. The summed E-state index contributed by atoms with van der Waals surface area (Å²) in [6.45, 7) is 1.71. The van der Waals surface area contributed by atoms with Crippen LogP contribution in [0, 0.1) is 0 Å². The van der Waals surface area contributed by atoms with Crippen molar-refractivity contribution in [2.75, 3.05) is 5.32 Å². The van der Waals surface area contributed by atoms with Gasteiger partial charge in [0.15, 0.2) is 10.9 Å². The number of nitrogens with one attached hydrogen (secondary N) is 2. The Morgan fingerprint density at radius 2 is 1.90 bits per heavy atom. The van der Waals surface area contributed by atoms with Gasteiger partial charge in [-0.15, -0.1) is 11.3 Å². The lowest BCUT2D eigenvalue weighted by Gasteiger charge is -2.06. The largest absolute Gasteiger partial charge is 0.458 e. The third-order valence-electron chi connectivity index (χ3n) is 4.18. The second kappa shape index (κ2) is 8.76. The van der Waals surface area contributed by atoms with Crippen LogP contribution in [0.2, 0.25) is 0 Å². The molecular formula is C21H17N5O4S. The number of carbonyl (C=O) groups is 2. The third-order valence-corrected chi connectivity index (χ3v) is 4.94. The van der Waals surface area contributed by atoms with Gasteiger partial charge in [0.1, 0.15) is 17.1 Å². The molecule has 156 valence electrons. The summed E-state index contributed by atoms with van der Waals surface area (Å²) in [5.41, 5.74) is 0.853. The number of amides is 2. The molecule has 31 heavy (non-hydrogen) atoms. The summed E-state index contributed by atoms with van der Waals surface area (Å²) >= 11 is 1.23. The highest BCUT2D eigenvalue weighted by molar-refractivity contribution is 7.14. The van der Waals surface area contributed by atoms with E-state index in [2.05, 4.69) is 20.7 Å². The lowest BCUT2D eigenvalue weighted by molar-refractivity contribution is -0.119. The van der Waals surface area contributed by atoms with Gasteiger partial charge in [-0.05, 0) is 30.3 Å². The first-order valence-electron chi connectivity index (χ1n) is 9.26. The molecule has 2 N–H and O–H groups in total. The van der Waals surface area contributed by atoms with Crippen LogP contribution >= 0.6 is 11.3 Å². The number of rotatable bonds is 6. The SMILES string of the molecule is CC(=O)NCc1ccc(-c2csc(NC(=O)c3ccc(=O)n(-c4ccccc4)n3)n2)o1. The maximum Gasteiger partial charge on any atom is 0.277 e. The van der Waals surface area contributed by atoms with Crippen LogP contribution in [-0.4, -0.2) is 26.6 Å². The molecule has 0 fully saturated rings. The zero-order valence-corrected chi connectivity index (χ0v) is 17.2. The second-order valence-electron chi connectivity index (χ2n) is 6.47. The topological polar surface area (TPSA) is 119 Å². The Kier molecular flexibility index (Phi) is 5.72. The highest BCUT2D eigenvalue weighted by Crippen LogP contribution is 2.26. The zero-order valence-electron chi connectivity index (χ0n) is 16.4. The average molecular weight is 435 g/mol. The fourth-order valence-corrected chi connectivity index (χ4v) is 3.41. The molecule has 0 aliphatic carbocycles. The quantitative estimate of drug-likeness (QED) is 0.481. The molecule has 0 saturated heterocycles. The first-order valence-corrected chi connectivity index (χ1v) is 10.1. The molecule has 3 aromatic heterocycles. The van der Waals surface area contributed by atoms with E-state index in [4.69, 9.17) is 4.42 Å². The van der Waals surface area contributed by atoms with Crippen LogP contribution in [-0.2, 0) is 11.3 Å². The zero-order chi connectivity index (χ0) is 21.8. The number of furan rings is 1. The number of nitrogens with zero attached hydrogens (tertiary/aromatic N) is 3. The standard InChI is InChI=1S/C21H17N5O4S/c1-13(27)22-11-15-7-9-18(30-15)17-12-31-21(23-17)24-20(29)16-8-10-19(28)26(25-16)14-5-3-2-4-6-14/h2-10,12H,11H2,1H3,(H,22,27)(H,23,24,29). The van der Waals surface area contributed by atoms with Crippen molar-refractivity contribution in [1.29, 1.82) is 0 Å². The van der Waals surface area contributed by atoms with Crippen molar-refractivity contribution < 1.29 is 14.0 Å². The molecule has 0 unspecified atom stereocenters. The van der Waals surface area contributed by atoms with Gasteiger partial charge in [0, 0.05) is 18.4 Å². The van der Waals surface area contributed by atoms with Gasteiger partial charge in [0.25, 0.3) is 11.5 Å². The van der Waals surface area contributed by atoms with E-state index in [9.17, 15) is 14.4 Å². The van der Waals surface area contributed by atoms with E-state index in [0.717, 1.165) is 0 Å². The van der Waals surface area contributed by atoms with Crippen LogP contribution < -0.4 is 16.2 Å². The molecule has 3 heterocycles. The Labute approximate surface area is 180 Å². The van der Waals surface area contributed by atoms with Gasteiger partial charge in [-0.1, -0.05) is 18.2 Å². The van der Waals surface area contributed by atoms with Crippen molar-refractivity contribution in [2.24, 2.45) is 0 Å². The van der Waals surface area contributed by atoms with Gasteiger partial charge in [-0.2, -0.15) is 9.78 Å². The number of hydrogen-bond donors (Lipinski definition) is 2. The molecule has 9 nitrogen and oxygen atoms in total. The van der Waals surface area contributed by atoms with Gasteiger partial charge in [0.2, 0.25) is 5.91 Å². The van der Waals surface area contributed by atoms with E-state index in [1.165, 1.54) is 35.1 Å². The third kappa shape index (κ3) is 4.75. The van der Waals surface area contributed by atoms with Gasteiger partial charge in [-0.3, -0.25) is 19.7 Å². The van der Waals surface area contributed by atoms with E-state index in [1.54, 1.807) is 41.8 Å². The Bertz CT molecular complexity index is 1290. The highest BCUT2D eigenvalue weighted by atomic mass is 32.1. The van der Waals surface area contributed by atoms with Crippen LogP contribution in [0.1, 0.15) is 23.2 Å². The van der Waals surface area contributed by atoms with Crippen molar-refractivity contribution in [3.63, 3.8) is 0 Å². The van der Waals surface area contributed by atoms with Crippen molar-refractivity contribution in [1.82, 2.24) is 20.1 Å². The Balaban J connectivity index is 1.49. The first-order chi connectivity index (χ1) is 15.0. The number of benzene rings is 1. The van der Waals surface area contributed by atoms with Crippen molar-refractivity contribution in [3.8, 4) is 17.1 Å². The molecule has 0 aliphatic rings. The fraction of sp³-hybridized carbons (Fsp3) is 0.0952. The van der Waals surface area contributed by atoms with E-state index < -0.39 is 5.91 Å². The molecule has 10 heteroatoms. The van der Waals surface area contributed by atoms with E-state index in [-0.39, 0.29) is 23.7 Å². The lowest BCUT2D eigenvalue weighted by atomic mass is 10.3. The molecule has 4 rings (SSSR count). The smallest absolute Gasteiger partial charge is 0.277 e. The molecule has 2 amide bonds. The fourth-order valence-electron chi connectivity index (χ4n) is 2.71. The van der Waals surface area contributed by atoms with E-state index in [0.29, 0.717) is 28.0 Å². The molecule has 0 aliphatic heterocycles. The summed E-state index contributed by atoms with van der Waals surface area (Å²) in [5.74, 6) is 0.476. The van der Waals surface area contributed by atoms with Crippen LogP contribution in [0.5, 0.6) is 0 Å². The average Bonchev–Trinajstić information content (AvgIpc) is 3.42. The van der Waals surface area contributed by atoms with Gasteiger partial charge >= 0.3 is 0 Å². The Morgan fingerprint density at radius 3 is 2.68 bits per heavy atom. The molecule has 0 saturated carbocycles. The van der Waals surface area contributed by atoms with E-state index >= 15 is 0 Å². The van der Waals surface area contributed by atoms with Crippen LogP contribution in [0.4, 0.5) is 5.13 Å². The number of carbonyl (C=O) groups excluding carboxylic acids is 2. The van der Waals surface area contributed by atoms with Gasteiger partial charge in [-0.25, -0.2) is 4.98 Å². The Morgan fingerprint density at radius 1 is 1.10 bits per heavy atom. The molecule has 0 spiro atoms. The van der Waals surface area contributed by atoms with Crippen LogP contribution in [0.25, 0.3) is 17.1 Å². The molecule has 0 atom stereocenters. The molecule has 1 aromatic carbocycles. The molecule has 0 radical (unpaired) electrons. The number of aromatic nitrogens is 3. The monoisotopic (exact) mass is 435 g/mol. The highest BCUT2D eigenvalue weighted by Gasteiger charge is 2.15. The number of hydrogen-bond acceptors (Lipinski definition) is 7. The van der Waals surface area contributed by atoms with Crippen LogP contribution in [0.3, 0.4) is 0 Å². The minimum Gasteiger partial charge on any atom is -0.458 e. The summed E-state index contributed by atoms with van der Waals surface area (Å²) < 4.78 is 6.84. The number of anilines is 1. The minimum atomic E-state index is -0.489. The Hall–Kier alpha value is -4.05. The summed E-state index contributed by atoms with van der Waals surface area (Å²) in [6, 6.07) is 15.0. The van der Waals surface area contributed by atoms with Gasteiger partial charge in [0.05, 0.1) is 12.2 Å². The summed E-state index contributed by atoms with van der Waals surface area (Å²) in [4.78, 5) is 40.1. The predicted molar refractivity (Wildman–Crippen MR) is 115 cm³/mol. The summed E-state index contributed by atoms with van der Waals surface area (Å²) in [7, 11) is 0. The lowest BCUT2D eigenvalue weighted by Crippen LogP contribution is -2.24. The number of para-hydroxylation sites is 1. The normalized spacial score (nSPS) is 10.6.